The summed E-state index contributed by atoms with van der Waals surface area (Å²) in [5.74, 6) is 0. The molecule has 0 bridgehead atoms. The number of hydrogen-bond acceptors (Lipinski definition) is 1. The summed E-state index contributed by atoms with van der Waals surface area (Å²) in [6.07, 6.45) is 34.5. The number of hydrogen-bond donors (Lipinski definition) is 0. The Morgan fingerprint density at radius 2 is 0.628 bits per heavy atom. The van der Waals surface area contributed by atoms with E-state index in [1.807, 2.05) is 0 Å². The lowest BCUT2D eigenvalue weighted by Gasteiger charge is -2.30. The van der Waals surface area contributed by atoms with E-state index in [4.69, 9.17) is 0 Å². The van der Waals surface area contributed by atoms with Crippen molar-refractivity contribution < 1.29 is 33.8 Å². The zero-order valence-corrected chi connectivity index (χ0v) is 32.3. The summed E-state index contributed by atoms with van der Waals surface area (Å²) in [7, 11) is 9.74. The zero-order chi connectivity index (χ0) is 30.1. The van der Waals surface area contributed by atoms with Crippen LogP contribution in [0, 0.1) is 0 Å². The van der Waals surface area contributed by atoms with Crippen LogP contribution < -0.4 is 24.8 Å². The largest absolute Gasteiger partial charge is 1.00 e. The normalized spacial score (nSPS) is 11.9. The van der Waals surface area contributed by atoms with Crippen LogP contribution in [0.5, 0.6) is 0 Å². The minimum atomic E-state index is 0. The lowest BCUT2D eigenvalue weighted by Crippen LogP contribution is -3.00. The fourth-order valence-corrected chi connectivity index (χ4v) is 7.79. The molecule has 0 atom stereocenters. The van der Waals surface area contributed by atoms with Crippen molar-refractivity contribution in [3.05, 3.63) is 21.9 Å². The summed E-state index contributed by atoms with van der Waals surface area (Å²) >= 11 is 2.08. The molecule has 0 spiro atoms. The molecule has 0 radical (unpaired) electrons. The number of unbranched alkanes of at least 4 members (excludes halogenated alkanes) is 22. The van der Waals surface area contributed by atoms with Gasteiger partial charge in [0.05, 0.1) is 51.0 Å². The van der Waals surface area contributed by atoms with Gasteiger partial charge in [-0.15, -0.1) is 11.3 Å². The Bertz CT molecular complexity index is 647. The molecule has 0 fully saturated rings. The van der Waals surface area contributed by atoms with Gasteiger partial charge in [-0.1, -0.05) is 142 Å². The Morgan fingerprint density at radius 1 is 0.395 bits per heavy atom. The second-order valence-corrected chi connectivity index (χ2v) is 16.0. The highest BCUT2D eigenvalue weighted by Gasteiger charge is 2.20. The molecule has 0 saturated heterocycles. The summed E-state index contributed by atoms with van der Waals surface area (Å²) in [6, 6.07) is 4.85. The minimum Gasteiger partial charge on any atom is -1.00 e. The van der Waals surface area contributed by atoms with E-state index in [9.17, 15) is 0 Å². The Kier molecular flexibility index (Phi) is 31.2. The SMILES string of the molecule is CCCCCCCCCCCCCC[N+](C)(C)Cc1ccc(C[N+](C)(C)CCCCCCCCCCCCCC)s1.[Cl-].[Cl-]. The Hall–Kier alpha value is 0.200. The van der Waals surface area contributed by atoms with E-state index in [1.165, 1.54) is 180 Å². The maximum absolute atomic E-state index is 2.44. The van der Waals surface area contributed by atoms with Gasteiger partial charge in [-0.2, -0.15) is 0 Å². The van der Waals surface area contributed by atoms with Crippen LogP contribution in [0.15, 0.2) is 12.1 Å². The third-order valence-corrected chi connectivity index (χ3v) is 10.2. The van der Waals surface area contributed by atoms with E-state index in [0.29, 0.717) is 0 Å². The highest BCUT2D eigenvalue weighted by molar-refractivity contribution is 7.11. The van der Waals surface area contributed by atoms with Crippen molar-refractivity contribution in [3.63, 3.8) is 0 Å². The average molecular weight is 664 g/mol. The quantitative estimate of drug-likeness (QED) is 0.0669. The van der Waals surface area contributed by atoms with E-state index < -0.39 is 0 Å². The van der Waals surface area contributed by atoms with Crippen molar-refractivity contribution >= 4 is 11.3 Å². The highest BCUT2D eigenvalue weighted by Crippen LogP contribution is 2.24. The summed E-state index contributed by atoms with van der Waals surface area (Å²) in [5.41, 5.74) is 0. The molecule has 1 rings (SSSR count). The predicted octanol–water partition coefficient (Wildman–Crippen LogP) is 6.31. The molecule has 258 valence electrons. The molecule has 0 aromatic carbocycles. The molecule has 0 N–H and O–H groups in total. The molecule has 5 heteroatoms. The molecule has 0 aliphatic rings. The molecule has 1 aromatic heterocycles. The fourth-order valence-electron chi connectivity index (χ4n) is 6.36. The number of halogens is 2. The molecule has 2 nitrogen and oxygen atoms in total. The van der Waals surface area contributed by atoms with Crippen molar-refractivity contribution in [1.29, 1.82) is 0 Å². The monoisotopic (exact) mass is 663 g/mol. The minimum absolute atomic E-state index is 0. The standard InChI is InChI=1S/C38H76N2S.2ClH/c1-7-9-11-13-15-17-19-21-23-25-27-29-33-39(3,4)35-37-31-32-38(41-37)36-40(5,6)34-30-28-26-24-22-20-18-16-14-12-10-8-2;;/h31-32H,7-30,33-36H2,1-6H3;2*1H/q+2;;/p-2. The van der Waals surface area contributed by atoms with Crippen LogP contribution in [0.3, 0.4) is 0 Å². The smallest absolute Gasteiger partial charge is 0.113 e. The second kappa shape index (κ2) is 29.6. The number of nitrogens with zero attached hydrogens (tertiary/aromatic N) is 2. The molecule has 0 aliphatic carbocycles. The van der Waals surface area contributed by atoms with Gasteiger partial charge < -0.3 is 33.8 Å². The maximum Gasteiger partial charge on any atom is 0.113 e. The number of rotatable bonds is 30. The summed E-state index contributed by atoms with van der Waals surface area (Å²) in [6.45, 7) is 9.61. The predicted molar refractivity (Wildman–Crippen MR) is 188 cm³/mol. The first-order valence-corrected chi connectivity index (χ1v) is 19.3. The molecule has 0 amide bonds. The van der Waals surface area contributed by atoms with Crippen molar-refractivity contribution in [3.8, 4) is 0 Å². The van der Waals surface area contributed by atoms with Crippen LogP contribution in [0.2, 0.25) is 0 Å². The first-order valence-electron chi connectivity index (χ1n) is 18.5. The van der Waals surface area contributed by atoms with Gasteiger partial charge in [-0.05, 0) is 37.8 Å². The molecular formula is C38H76Cl2N2S. The van der Waals surface area contributed by atoms with Gasteiger partial charge >= 0.3 is 0 Å². The van der Waals surface area contributed by atoms with Gasteiger partial charge in [0.15, 0.2) is 0 Å². The second-order valence-electron chi connectivity index (χ2n) is 14.8. The van der Waals surface area contributed by atoms with Gasteiger partial charge in [0.2, 0.25) is 0 Å². The van der Waals surface area contributed by atoms with Gasteiger partial charge in [0.25, 0.3) is 0 Å². The Morgan fingerprint density at radius 3 is 0.884 bits per heavy atom. The van der Waals surface area contributed by atoms with Crippen LogP contribution in [0.25, 0.3) is 0 Å². The van der Waals surface area contributed by atoms with Crippen molar-refractivity contribution in [2.75, 3.05) is 41.3 Å². The van der Waals surface area contributed by atoms with E-state index in [0.717, 1.165) is 8.97 Å². The molecule has 0 saturated carbocycles. The van der Waals surface area contributed by atoms with Crippen LogP contribution in [0.1, 0.15) is 178 Å². The Balaban J connectivity index is 0. The molecule has 0 unspecified atom stereocenters. The fraction of sp³-hybridized carbons (Fsp3) is 0.895. The molecule has 43 heavy (non-hydrogen) atoms. The lowest BCUT2D eigenvalue weighted by atomic mass is 10.1. The number of thiophene rings is 1. The first-order chi connectivity index (χ1) is 19.8. The van der Waals surface area contributed by atoms with Crippen LogP contribution in [0.4, 0.5) is 0 Å². The summed E-state index contributed by atoms with van der Waals surface area (Å²) in [4.78, 5) is 3.16. The number of quaternary nitrogens is 2. The van der Waals surface area contributed by atoms with Crippen molar-refractivity contribution in [1.82, 2.24) is 0 Å². The van der Waals surface area contributed by atoms with E-state index in [-0.39, 0.29) is 24.8 Å². The molecule has 0 aliphatic heterocycles. The lowest BCUT2D eigenvalue weighted by molar-refractivity contribution is -0.903. The maximum atomic E-state index is 2.44. The first kappa shape index (κ1) is 45.3. The van der Waals surface area contributed by atoms with Crippen LogP contribution >= 0.6 is 11.3 Å². The average Bonchev–Trinajstić information content (AvgIpc) is 3.34. The molecular weight excluding hydrogens is 587 g/mol. The van der Waals surface area contributed by atoms with E-state index in [2.05, 4.69) is 65.5 Å². The van der Waals surface area contributed by atoms with E-state index >= 15 is 0 Å². The topological polar surface area (TPSA) is 0 Å². The Labute approximate surface area is 288 Å². The van der Waals surface area contributed by atoms with Crippen molar-refractivity contribution in [2.45, 2.75) is 181 Å². The van der Waals surface area contributed by atoms with Gasteiger partial charge in [0, 0.05) is 0 Å². The van der Waals surface area contributed by atoms with Crippen LogP contribution in [-0.2, 0) is 13.1 Å². The van der Waals surface area contributed by atoms with Crippen LogP contribution in [-0.4, -0.2) is 50.2 Å². The molecule has 1 heterocycles. The third-order valence-electron chi connectivity index (χ3n) is 9.12. The van der Waals surface area contributed by atoms with Gasteiger partial charge in [-0.3, -0.25) is 0 Å². The third kappa shape index (κ3) is 28.2. The zero-order valence-electron chi connectivity index (χ0n) is 30.0. The van der Waals surface area contributed by atoms with Gasteiger partial charge in [-0.25, -0.2) is 0 Å². The summed E-state index contributed by atoms with van der Waals surface area (Å²) in [5, 5.41) is 0. The van der Waals surface area contributed by atoms with E-state index in [1.54, 1.807) is 9.75 Å². The van der Waals surface area contributed by atoms with Gasteiger partial charge in [0.1, 0.15) is 13.1 Å². The van der Waals surface area contributed by atoms with Crippen molar-refractivity contribution in [2.24, 2.45) is 0 Å². The molecule has 1 aromatic rings. The highest BCUT2D eigenvalue weighted by atomic mass is 35.5. The summed E-state index contributed by atoms with van der Waals surface area (Å²) < 4.78 is 2.27.